The second-order valence-electron chi connectivity index (χ2n) is 5.00. The van der Waals surface area contributed by atoms with Crippen molar-refractivity contribution in [2.45, 2.75) is 20.3 Å². The number of hydrogen-bond acceptors (Lipinski definition) is 2. The summed E-state index contributed by atoms with van der Waals surface area (Å²) in [6, 6.07) is 11.5. The number of nitrogens with zero attached hydrogens (tertiary/aromatic N) is 1. The molecule has 0 bridgehead atoms. The average molecular weight is 252 g/mol. The molecule has 3 nitrogen and oxygen atoms in total. The zero-order valence-corrected chi connectivity index (χ0v) is 11.1. The third-order valence-electron chi connectivity index (χ3n) is 3.28. The molecular formula is C16H16N2O. The molecule has 2 aromatic carbocycles. The van der Waals surface area contributed by atoms with Gasteiger partial charge in [0.05, 0.1) is 11.0 Å². The van der Waals surface area contributed by atoms with Crippen LogP contribution in [-0.2, 0) is 6.42 Å². The van der Waals surface area contributed by atoms with E-state index >= 15 is 0 Å². The van der Waals surface area contributed by atoms with Crippen LogP contribution in [0.25, 0.3) is 11.0 Å². The smallest absolute Gasteiger partial charge is 0.115 e. The number of phenolic OH excluding ortho intramolecular Hbond substituents is 1. The monoisotopic (exact) mass is 252 g/mol. The maximum Gasteiger partial charge on any atom is 0.115 e. The van der Waals surface area contributed by atoms with Crippen LogP contribution in [0.1, 0.15) is 22.5 Å². The van der Waals surface area contributed by atoms with Crippen LogP contribution in [0.2, 0.25) is 0 Å². The summed E-state index contributed by atoms with van der Waals surface area (Å²) in [5.74, 6) is 1.24. The van der Waals surface area contributed by atoms with Gasteiger partial charge in [-0.3, -0.25) is 0 Å². The molecule has 0 aliphatic carbocycles. The van der Waals surface area contributed by atoms with Gasteiger partial charge in [0.15, 0.2) is 0 Å². The molecule has 19 heavy (non-hydrogen) atoms. The van der Waals surface area contributed by atoms with Gasteiger partial charge in [0.2, 0.25) is 0 Å². The maximum atomic E-state index is 9.28. The number of benzene rings is 2. The number of hydrogen-bond donors (Lipinski definition) is 2. The first-order chi connectivity index (χ1) is 9.11. The number of aryl methyl sites for hydroxylation is 2. The first kappa shape index (κ1) is 11.8. The summed E-state index contributed by atoms with van der Waals surface area (Å²) in [5, 5.41) is 9.28. The topological polar surface area (TPSA) is 48.9 Å². The minimum absolute atomic E-state index is 0.292. The van der Waals surface area contributed by atoms with Crippen LogP contribution in [0.3, 0.4) is 0 Å². The molecule has 0 aliphatic rings. The Morgan fingerprint density at radius 2 is 1.84 bits per heavy atom. The lowest BCUT2D eigenvalue weighted by Crippen LogP contribution is -1.89. The van der Waals surface area contributed by atoms with Crippen molar-refractivity contribution in [3.05, 3.63) is 58.9 Å². The Kier molecular flexibility index (Phi) is 2.75. The molecule has 0 fully saturated rings. The molecular weight excluding hydrogens is 236 g/mol. The number of aromatic amines is 1. The van der Waals surface area contributed by atoms with Gasteiger partial charge in [-0.25, -0.2) is 4.98 Å². The lowest BCUT2D eigenvalue weighted by atomic mass is 10.1. The molecule has 3 aromatic rings. The van der Waals surface area contributed by atoms with Crippen molar-refractivity contribution >= 4 is 11.0 Å². The normalized spacial score (nSPS) is 11.1. The van der Waals surface area contributed by atoms with Gasteiger partial charge in [0.25, 0.3) is 0 Å². The number of imidazole rings is 1. The fourth-order valence-corrected chi connectivity index (χ4v) is 2.41. The summed E-state index contributed by atoms with van der Waals surface area (Å²) < 4.78 is 0. The predicted octanol–water partition coefficient (Wildman–Crippen LogP) is 3.48. The molecule has 1 heterocycles. The molecule has 0 unspecified atom stereocenters. The summed E-state index contributed by atoms with van der Waals surface area (Å²) in [6.07, 6.45) is 0.743. The number of rotatable bonds is 2. The highest BCUT2D eigenvalue weighted by molar-refractivity contribution is 5.79. The highest BCUT2D eigenvalue weighted by Crippen LogP contribution is 2.20. The summed E-state index contributed by atoms with van der Waals surface area (Å²) in [7, 11) is 0. The van der Waals surface area contributed by atoms with Crippen molar-refractivity contribution in [2.75, 3.05) is 0 Å². The second-order valence-corrected chi connectivity index (χ2v) is 5.00. The van der Waals surface area contributed by atoms with E-state index in [1.807, 2.05) is 12.1 Å². The molecule has 0 amide bonds. The van der Waals surface area contributed by atoms with E-state index in [1.165, 1.54) is 11.1 Å². The SMILES string of the molecule is Cc1cc(C)c2nc(Cc3ccc(O)cc3)[nH]c2c1. The number of aromatic nitrogens is 2. The van der Waals surface area contributed by atoms with Crippen molar-refractivity contribution < 1.29 is 5.11 Å². The van der Waals surface area contributed by atoms with Gasteiger partial charge in [-0.1, -0.05) is 18.2 Å². The second kappa shape index (κ2) is 4.43. The Morgan fingerprint density at radius 3 is 2.58 bits per heavy atom. The fourth-order valence-electron chi connectivity index (χ4n) is 2.41. The van der Waals surface area contributed by atoms with Crippen LogP contribution in [0, 0.1) is 13.8 Å². The summed E-state index contributed by atoms with van der Waals surface area (Å²) >= 11 is 0. The van der Waals surface area contributed by atoms with Gasteiger partial charge in [-0.15, -0.1) is 0 Å². The number of fused-ring (bicyclic) bond motifs is 1. The van der Waals surface area contributed by atoms with Crippen LogP contribution in [0.15, 0.2) is 36.4 Å². The highest BCUT2D eigenvalue weighted by Gasteiger charge is 2.06. The van der Waals surface area contributed by atoms with Crippen molar-refractivity contribution in [2.24, 2.45) is 0 Å². The minimum atomic E-state index is 0.292. The zero-order valence-electron chi connectivity index (χ0n) is 11.1. The molecule has 0 spiro atoms. The van der Waals surface area contributed by atoms with Crippen LogP contribution in [0.4, 0.5) is 0 Å². The quantitative estimate of drug-likeness (QED) is 0.733. The lowest BCUT2D eigenvalue weighted by Gasteiger charge is -1.98. The largest absolute Gasteiger partial charge is 0.508 e. The highest BCUT2D eigenvalue weighted by atomic mass is 16.3. The molecule has 0 saturated carbocycles. The van der Waals surface area contributed by atoms with Gasteiger partial charge in [0.1, 0.15) is 11.6 Å². The molecule has 0 atom stereocenters. The van der Waals surface area contributed by atoms with E-state index in [2.05, 4.69) is 35.9 Å². The van der Waals surface area contributed by atoms with Crippen molar-refractivity contribution in [3.63, 3.8) is 0 Å². The number of aromatic hydroxyl groups is 1. The number of nitrogens with one attached hydrogen (secondary N) is 1. The van der Waals surface area contributed by atoms with E-state index in [4.69, 9.17) is 0 Å². The fraction of sp³-hybridized carbons (Fsp3) is 0.188. The summed E-state index contributed by atoms with van der Waals surface area (Å²) in [4.78, 5) is 8.02. The van der Waals surface area contributed by atoms with Crippen LogP contribution >= 0.6 is 0 Å². The summed E-state index contributed by atoms with van der Waals surface area (Å²) in [6.45, 7) is 4.17. The van der Waals surface area contributed by atoms with E-state index in [-0.39, 0.29) is 0 Å². The molecule has 2 N–H and O–H groups in total. The van der Waals surface area contributed by atoms with Gasteiger partial charge in [-0.05, 0) is 48.7 Å². The Labute approximate surface area is 111 Å². The van der Waals surface area contributed by atoms with Crippen LogP contribution in [0.5, 0.6) is 5.75 Å². The molecule has 0 radical (unpaired) electrons. The Balaban J connectivity index is 1.97. The zero-order chi connectivity index (χ0) is 13.4. The minimum Gasteiger partial charge on any atom is -0.508 e. The summed E-state index contributed by atoms with van der Waals surface area (Å²) in [5.41, 5.74) is 5.70. The number of H-pyrrole nitrogens is 1. The van der Waals surface area contributed by atoms with Gasteiger partial charge in [0, 0.05) is 6.42 Å². The third kappa shape index (κ3) is 2.32. The lowest BCUT2D eigenvalue weighted by molar-refractivity contribution is 0.475. The first-order valence-electron chi connectivity index (χ1n) is 6.35. The van der Waals surface area contributed by atoms with Gasteiger partial charge < -0.3 is 10.1 Å². The third-order valence-corrected chi connectivity index (χ3v) is 3.28. The van der Waals surface area contributed by atoms with Gasteiger partial charge >= 0.3 is 0 Å². The van der Waals surface area contributed by atoms with Crippen LogP contribution < -0.4 is 0 Å². The molecule has 3 rings (SSSR count). The average Bonchev–Trinajstić information content (AvgIpc) is 2.75. The Bertz CT molecular complexity index is 726. The van der Waals surface area contributed by atoms with E-state index in [0.29, 0.717) is 5.75 Å². The standard InChI is InChI=1S/C16H16N2O/c1-10-7-11(2)16-14(8-10)17-15(18-16)9-12-3-5-13(19)6-4-12/h3-8,19H,9H2,1-2H3,(H,17,18). The van der Waals surface area contributed by atoms with E-state index < -0.39 is 0 Å². The van der Waals surface area contributed by atoms with Crippen molar-refractivity contribution in [1.82, 2.24) is 9.97 Å². The van der Waals surface area contributed by atoms with E-state index in [0.717, 1.165) is 28.8 Å². The van der Waals surface area contributed by atoms with Crippen molar-refractivity contribution in [3.8, 4) is 5.75 Å². The number of phenols is 1. The molecule has 0 aliphatic heterocycles. The molecule has 96 valence electrons. The Hall–Kier alpha value is -2.29. The molecule has 0 saturated heterocycles. The maximum absolute atomic E-state index is 9.28. The molecule has 3 heteroatoms. The van der Waals surface area contributed by atoms with Crippen molar-refractivity contribution in [1.29, 1.82) is 0 Å². The van der Waals surface area contributed by atoms with E-state index in [1.54, 1.807) is 12.1 Å². The van der Waals surface area contributed by atoms with Gasteiger partial charge in [-0.2, -0.15) is 0 Å². The molecule has 1 aromatic heterocycles. The first-order valence-corrected chi connectivity index (χ1v) is 6.35. The van der Waals surface area contributed by atoms with Crippen LogP contribution in [-0.4, -0.2) is 15.1 Å². The predicted molar refractivity (Wildman–Crippen MR) is 76.5 cm³/mol. The Morgan fingerprint density at radius 1 is 1.11 bits per heavy atom. The van der Waals surface area contributed by atoms with E-state index in [9.17, 15) is 5.11 Å².